The highest BCUT2D eigenvalue weighted by Gasteiger charge is 2.26. The lowest BCUT2D eigenvalue weighted by Gasteiger charge is -2.17. The third kappa shape index (κ3) is 3.06. The van der Waals surface area contributed by atoms with Crippen molar-refractivity contribution >= 4 is 35.0 Å². The van der Waals surface area contributed by atoms with Crippen LogP contribution in [0.25, 0.3) is 22.2 Å². The molecule has 0 fully saturated rings. The van der Waals surface area contributed by atoms with Crippen LogP contribution in [0.2, 0.25) is 0 Å². The molecule has 0 aliphatic carbocycles. The lowest BCUT2D eigenvalue weighted by Crippen LogP contribution is -2.19. The number of nitrogens with two attached hydrogens (primary N) is 1. The molecule has 0 spiro atoms. The van der Waals surface area contributed by atoms with Crippen LogP contribution in [-0.2, 0) is 11.8 Å². The Bertz CT molecular complexity index is 1170. The van der Waals surface area contributed by atoms with E-state index in [4.69, 9.17) is 27.4 Å². The zero-order valence-corrected chi connectivity index (χ0v) is 15.8. The summed E-state index contributed by atoms with van der Waals surface area (Å²) in [5.74, 6) is -0.258. The molecule has 2 aromatic heterocycles. The molecule has 1 aromatic carbocycles. The highest BCUT2D eigenvalue weighted by molar-refractivity contribution is 7.71. The van der Waals surface area contributed by atoms with E-state index in [0.717, 1.165) is 0 Å². The van der Waals surface area contributed by atoms with E-state index in [1.165, 1.54) is 11.7 Å². The van der Waals surface area contributed by atoms with Crippen molar-refractivity contribution in [2.24, 2.45) is 7.05 Å². The predicted molar refractivity (Wildman–Crippen MR) is 105 cm³/mol. The number of hydrogen-bond donors (Lipinski definition) is 2. The number of H-pyrrole nitrogens is 1. The summed E-state index contributed by atoms with van der Waals surface area (Å²) in [5, 5.41) is 0.174. The molecule has 0 unspecified atom stereocenters. The number of benzene rings is 1. The van der Waals surface area contributed by atoms with Crippen LogP contribution in [0.5, 0.6) is 5.75 Å². The summed E-state index contributed by atoms with van der Waals surface area (Å²) in [6.45, 7) is 1.83. The average Bonchev–Trinajstić information content (AvgIpc) is 2.65. The average molecular weight is 386 g/mol. The number of nitrogens with one attached hydrogen (secondary N) is 1. The van der Waals surface area contributed by atoms with Gasteiger partial charge in [0, 0.05) is 18.2 Å². The van der Waals surface area contributed by atoms with Gasteiger partial charge in [-0.25, -0.2) is 9.78 Å². The van der Waals surface area contributed by atoms with Crippen LogP contribution in [0.4, 0.5) is 5.82 Å². The fraction of sp³-hybridized carbons (Fsp3) is 0.222. The summed E-state index contributed by atoms with van der Waals surface area (Å²) in [6.07, 6.45) is 0. The van der Waals surface area contributed by atoms with Gasteiger partial charge in [0.1, 0.15) is 17.1 Å². The molecular formula is C18H18N4O4S. The van der Waals surface area contributed by atoms with Crippen LogP contribution in [0.15, 0.2) is 29.1 Å². The Balaban J connectivity index is 2.60. The maximum atomic E-state index is 12.8. The molecule has 2 heterocycles. The fourth-order valence-corrected chi connectivity index (χ4v) is 3.10. The summed E-state index contributed by atoms with van der Waals surface area (Å²) in [7, 11) is 3.16. The van der Waals surface area contributed by atoms with Gasteiger partial charge in [-0.15, -0.1) is 0 Å². The maximum Gasteiger partial charge on any atom is 0.342 e. The third-order valence-corrected chi connectivity index (χ3v) is 4.51. The molecule has 0 radical (unpaired) electrons. The number of esters is 1. The lowest BCUT2D eigenvalue weighted by atomic mass is 9.96. The quantitative estimate of drug-likeness (QED) is 0.523. The van der Waals surface area contributed by atoms with Gasteiger partial charge in [-0.05, 0) is 25.2 Å². The Morgan fingerprint density at radius 3 is 2.74 bits per heavy atom. The molecule has 0 saturated carbocycles. The van der Waals surface area contributed by atoms with Crippen molar-refractivity contribution in [2.45, 2.75) is 6.92 Å². The number of hydrogen-bond acceptors (Lipinski definition) is 7. The Morgan fingerprint density at radius 2 is 2.07 bits per heavy atom. The largest absolute Gasteiger partial charge is 0.496 e. The van der Waals surface area contributed by atoms with Gasteiger partial charge in [-0.3, -0.25) is 9.78 Å². The summed E-state index contributed by atoms with van der Waals surface area (Å²) >= 11 is 5.16. The molecule has 0 amide bonds. The minimum Gasteiger partial charge on any atom is -0.496 e. The van der Waals surface area contributed by atoms with Crippen molar-refractivity contribution in [1.29, 1.82) is 0 Å². The first kappa shape index (κ1) is 18.6. The minimum absolute atomic E-state index is 0.0106. The van der Waals surface area contributed by atoms with Crippen molar-refractivity contribution in [3.05, 3.63) is 45.0 Å². The van der Waals surface area contributed by atoms with E-state index in [0.29, 0.717) is 16.9 Å². The topological polar surface area (TPSA) is 112 Å². The van der Waals surface area contributed by atoms with Gasteiger partial charge in [-0.1, -0.05) is 18.2 Å². The number of carbonyl (C=O) groups excluding carboxylic acids is 1. The summed E-state index contributed by atoms with van der Waals surface area (Å²) < 4.78 is 12.3. The first-order valence-corrected chi connectivity index (χ1v) is 8.54. The number of aromatic amines is 1. The molecule has 3 rings (SSSR count). The van der Waals surface area contributed by atoms with Crippen molar-refractivity contribution in [3.8, 4) is 16.9 Å². The summed E-state index contributed by atoms with van der Waals surface area (Å²) in [5.41, 5.74) is 6.70. The van der Waals surface area contributed by atoms with Crippen LogP contribution in [0.3, 0.4) is 0 Å². The normalized spacial score (nSPS) is 10.8. The number of aryl methyl sites for hydroxylation is 1. The van der Waals surface area contributed by atoms with Crippen molar-refractivity contribution in [3.63, 3.8) is 0 Å². The van der Waals surface area contributed by atoms with E-state index < -0.39 is 11.5 Å². The van der Waals surface area contributed by atoms with Gasteiger partial charge in [0.15, 0.2) is 10.4 Å². The second-order valence-corrected chi connectivity index (χ2v) is 6.07. The molecule has 0 saturated heterocycles. The predicted octanol–water partition coefficient (Wildman–Crippen LogP) is 2.43. The van der Waals surface area contributed by atoms with E-state index in [-0.39, 0.29) is 33.8 Å². The molecule has 3 aromatic rings. The number of methoxy groups -OCH3 is 1. The SMILES string of the molecule is CCOC(=O)c1c(N)nc2c(c1-c1ccccc1OC)c(=O)[nH]c(=S)n2C. The number of pyridine rings is 1. The summed E-state index contributed by atoms with van der Waals surface area (Å²) in [6, 6.07) is 7.01. The molecular weight excluding hydrogens is 368 g/mol. The van der Waals surface area contributed by atoms with Gasteiger partial charge in [0.05, 0.1) is 19.1 Å². The van der Waals surface area contributed by atoms with Crippen LogP contribution in [-0.4, -0.2) is 34.2 Å². The maximum absolute atomic E-state index is 12.8. The van der Waals surface area contributed by atoms with Gasteiger partial charge >= 0.3 is 5.97 Å². The number of rotatable bonds is 4. The van der Waals surface area contributed by atoms with E-state index in [1.54, 1.807) is 38.2 Å². The standard InChI is InChI=1S/C18H18N4O4S/c1-4-26-17(24)12-11(9-7-5-6-8-10(9)25-3)13-15(20-14(12)19)22(2)18(27)21-16(13)23/h5-8H,4H2,1-3H3,(H2,19,20)(H,21,23,27). The second-order valence-electron chi connectivity index (χ2n) is 5.68. The van der Waals surface area contributed by atoms with E-state index in [1.807, 2.05) is 0 Å². The first-order valence-electron chi connectivity index (χ1n) is 8.13. The molecule has 0 bridgehead atoms. The molecule has 27 heavy (non-hydrogen) atoms. The summed E-state index contributed by atoms with van der Waals surface area (Å²) in [4.78, 5) is 32.3. The van der Waals surface area contributed by atoms with Gasteiger partial charge in [0.2, 0.25) is 0 Å². The highest BCUT2D eigenvalue weighted by atomic mass is 32.1. The Kier molecular flexibility index (Phi) is 4.95. The first-order chi connectivity index (χ1) is 12.9. The van der Waals surface area contributed by atoms with Crippen LogP contribution in [0, 0.1) is 4.77 Å². The van der Waals surface area contributed by atoms with E-state index in [9.17, 15) is 9.59 Å². The molecule has 0 atom stereocenters. The number of anilines is 1. The number of nitrogen functional groups attached to an aromatic ring is 1. The molecule has 8 nitrogen and oxygen atoms in total. The molecule has 140 valence electrons. The molecule has 0 aliphatic rings. The Morgan fingerprint density at radius 1 is 1.37 bits per heavy atom. The minimum atomic E-state index is -0.671. The second kappa shape index (κ2) is 7.20. The monoisotopic (exact) mass is 386 g/mol. The number of fused-ring (bicyclic) bond motifs is 1. The molecule has 9 heteroatoms. The number of ether oxygens (including phenoxy) is 2. The van der Waals surface area contributed by atoms with Crippen molar-refractivity contribution < 1.29 is 14.3 Å². The zero-order chi connectivity index (χ0) is 19.7. The van der Waals surface area contributed by atoms with Crippen molar-refractivity contribution in [1.82, 2.24) is 14.5 Å². The van der Waals surface area contributed by atoms with E-state index >= 15 is 0 Å². The smallest absolute Gasteiger partial charge is 0.342 e. The lowest BCUT2D eigenvalue weighted by molar-refractivity contribution is 0.0528. The molecule has 0 aliphatic heterocycles. The Labute approximate surface area is 159 Å². The van der Waals surface area contributed by atoms with Gasteiger partial charge < -0.3 is 19.8 Å². The molecule has 3 N–H and O–H groups in total. The van der Waals surface area contributed by atoms with Crippen LogP contribution < -0.4 is 16.0 Å². The van der Waals surface area contributed by atoms with Gasteiger partial charge in [0.25, 0.3) is 5.56 Å². The van der Waals surface area contributed by atoms with E-state index in [2.05, 4.69) is 9.97 Å². The van der Waals surface area contributed by atoms with Crippen LogP contribution >= 0.6 is 12.2 Å². The Hall–Kier alpha value is -3.20. The zero-order valence-electron chi connectivity index (χ0n) is 15.0. The number of nitrogens with zero attached hydrogens (tertiary/aromatic N) is 2. The van der Waals surface area contributed by atoms with Crippen LogP contribution in [0.1, 0.15) is 17.3 Å². The number of aromatic nitrogens is 3. The fourth-order valence-electron chi connectivity index (χ4n) is 2.92. The number of carbonyl (C=O) groups is 1. The van der Waals surface area contributed by atoms with Crippen molar-refractivity contribution in [2.75, 3.05) is 19.5 Å². The number of para-hydroxylation sites is 1. The van der Waals surface area contributed by atoms with Gasteiger partial charge in [-0.2, -0.15) is 0 Å². The highest BCUT2D eigenvalue weighted by Crippen LogP contribution is 2.38. The third-order valence-electron chi connectivity index (χ3n) is 4.13.